The van der Waals surface area contributed by atoms with Crippen molar-refractivity contribution >= 4 is 39.9 Å². The van der Waals surface area contributed by atoms with Crippen LogP contribution in [0.15, 0.2) is 75.6 Å². The molecular formula is C22H19N5O3S. The van der Waals surface area contributed by atoms with Gasteiger partial charge in [0.15, 0.2) is 0 Å². The lowest BCUT2D eigenvalue weighted by atomic mass is 10.2. The highest BCUT2D eigenvalue weighted by Gasteiger charge is 2.12. The molecule has 0 radical (unpaired) electrons. The molecule has 8 nitrogen and oxygen atoms in total. The molecule has 4 rings (SSSR count). The largest absolute Gasteiger partial charge is 0.340 e. The third-order valence-corrected chi connectivity index (χ3v) is 5.97. The number of anilines is 2. The monoisotopic (exact) mass is 433 g/mol. The smallest absolute Gasteiger partial charge is 0.270 e. The number of hydrogen-bond donors (Lipinski definition) is 1. The van der Waals surface area contributed by atoms with E-state index >= 15 is 0 Å². The summed E-state index contributed by atoms with van der Waals surface area (Å²) in [5.74, 6) is 0.497. The highest BCUT2D eigenvalue weighted by molar-refractivity contribution is 7.99. The molecule has 4 aromatic rings. The molecule has 9 heteroatoms. The molecule has 0 saturated carbocycles. The first-order valence-electron chi connectivity index (χ1n) is 9.60. The predicted molar refractivity (Wildman–Crippen MR) is 121 cm³/mol. The summed E-state index contributed by atoms with van der Waals surface area (Å²) >= 11 is 1.53. The minimum atomic E-state index is -0.439. The quantitative estimate of drug-likeness (QED) is 0.340. The molecule has 0 spiro atoms. The number of fused-ring (bicyclic) bond motifs is 1. The Bertz CT molecular complexity index is 1350. The minimum absolute atomic E-state index is 0.0155. The van der Waals surface area contributed by atoms with Crippen molar-refractivity contribution in [2.24, 2.45) is 0 Å². The number of benzene rings is 2. The standard InChI is InChI=1S/C22H19N5O3S/c1-3-26-9-8-17(12-21(26)28)31-20-7-4-15(10-14(20)2)25-22-18-11-16(27(29)30)5-6-19(18)23-13-24-22/h4-13H,3H2,1-2H3,(H,23,24,25). The molecule has 0 aliphatic carbocycles. The summed E-state index contributed by atoms with van der Waals surface area (Å²) < 4.78 is 1.65. The zero-order chi connectivity index (χ0) is 22.0. The third-order valence-electron chi connectivity index (χ3n) is 4.80. The van der Waals surface area contributed by atoms with E-state index in [1.54, 1.807) is 22.9 Å². The fraction of sp³-hybridized carbons (Fsp3) is 0.136. The number of pyridine rings is 1. The molecule has 0 fully saturated rings. The number of nitrogens with one attached hydrogen (secondary N) is 1. The molecule has 0 atom stereocenters. The maximum Gasteiger partial charge on any atom is 0.270 e. The summed E-state index contributed by atoms with van der Waals surface area (Å²) in [6.07, 6.45) is 3.22. The molecule has 0 aliphatic rings. The van der Waals surface area contributed by atoms with Gasteiger partial charge in [-0.15, -0.1) is 0 Å². The van der Waals surface area contributed by atoms with Crippen LogP contribution in [0.25, 0.3) is 10.9 Å². The minimum Gasteiger partial charge on any atom is -0.340 e. The summed E-state index contributed by atoms with van der Waals surface area (Å²) in [5, 5.41) is 14.9. The van der Waals surface area contributed by atoms with E-state index in [0.717, 1.165) is 21.0 Å². The first-order valence-corrected chi connectivity index (χ1v) is 10.4. The van der Waals surface area contributed by atoms with E-state index in [1.165, 1.54) is 30.2 Å². The summed E-state index contributed by atoms with van der Waals surface area (Å²) in [7, 11) is 0. The van der Waals surface area contributed by atoms with E-state index in [2.05, 4.69) is 15.3 Å². The van der Waals surface area contributed by atoms with Gasteiger partial charge in [-0.2, -0.15) is 0 Å². The molecule has 31 heavy (non-hydrogen) atoms. The van der Waals surface area contributed by atoms with Crippen molar-refractivity contribution in [3.05, 3.63) is 87.1 Å². The molecule has 0 bridgehead atoms. The average Bonchev–Trinajstić information content (AvgIpc) is 2.75. The Morgan fingerprint density at radius 3 is 2.68 bits per heavy atom. The van der Waals surface area contributed by atoms with E-state index in [1.807, 2.05) is 38.1 Å². The first-order chi connectivity index (χ1) is 14.9. The molecule has 2 aromatic carbocycles. The van der Waals surface area contributed by atoms with E-state index in [4.69, 9.17) is 0 Å². The number of rotatable bonds is 6. The van der Waals surface area contributed by atoms with Gasteiger partial charge in [-0.3, -0.25) is 14.9 Å². The van der Waals surface area contributed by atoms with Crippen LogP contribution in [0.3, 0.4) is 0 Å². The number of hydrogen-bond acceptors (Lipinski definition) is 7. The zero-order valence-corrected chi connectivity index (χ0v) is 17.7. The SMILES string of the molecule is CCn1ccc(Sc2ccc(Nc3ncnc4ccc([N+](=O)[O-])cc34)cc2C)cc1=O. The Morgan fingerprint density at radius 1 is 1.13 bits per heavy atom. The molecule has 0 unspecified atom stereocenters. The number of non-ortho nitro benzene ring substituents is 1. The lowest BCUT2D eigenvalue weighted by Gasteiger charge is -2.12. The summed E-state index contributed by atoms with van der Waals surface area (Å²) in [5.41, 5.74) is 2.41. The van der Waals surface area contributed by atoms with Crippen LogP contribution >= 0.6 is 11.8 Å². The van der Waals surface area contributed by atoms with Gasteiger partial charge in [0.05, 0.1) is 10.4 Å². The molecule has 0 aliphatic heterocycles. The van der Waals surface area contributed by atoms with Crippen molar-refractivity contribution in [3.63, 3.8) is 0 Å². The van der Waals surface area contributed by atoms with Crippen LogP contribution in [-0.4, -0.2) is 19.5 Å². The van der Waals surface area contributed by atoms with Gasteiger partial charge in [-0.05, 0) is 49.7 Å². The Hall–Kier alpha value is -3.72. The van der Waals surface area contributed by atoms with Crippen molar-refractivity contribution in [1.29, 1.82) is 0 Å². The van der Waals surface area contributed by atoms with Gasteiger partial charge < -0.3 is 9.88 Å². The Balaban J connectivity index is 1.60. The van der Waals surface area contributed by atoms with Crippen molar-refractivity contribution in [1.82, 2.24) is 14.5 Å². The van der Waals surface area contributed by atoms with E-state index in [-0.39, 0.29) is 11.2 Å². The van der Waals surface area contributed by atoms with Crippen LogP contribution in [0, 0.1) is 17.0 Å². The molecule has 1 N–H and O–H groups in total. The topological polar surface area (TPSA) is 103 Å². The van der Waals surface area contributed by atoms with Crippen molar-refractivity contribution in [3.8, 4) is 0 Å². The Labute approximate surface area is 182 Å². The van der Waals surface area contributed by atoms with Gasteiger partial charge in [-0.1, -0.05) is 11.8 Å². The highest BCUT2D eigenvalue weighted by Crippen LogP contribution is 2.32. The van der Waals surface area contributed by atoms with Crippen LogP contribution in [0.4, 0.5) is 17.2 Å². The first kappa shape index (κ1) is 20.5. The number of nitro groups is 1. The second-order valence-corrected chi connectivity index (χ2v) is 7.99. The molecule has 0 amide bonds. The molecule has 2 heterocycles. The maximum atomic E-state index is 12.1. The van der Waals surface area contributed by atoms with E-state index in [0.29, 0.717) is 23.3 Å². The normalized spacial score (nSPS) is 10.9. The summed E-state index contributed by atoms with van der Waals surface area (Å²) in [4.78, 5) is 33.1. The van der Waals surface area contributed by atoms with Crippen LogP contribution in [0.2, 0.25) is 0 Å². The van der Waals surface area contributed by atoms with Crippen LogP contribution < -0.4 is 10.9 Å². The summed E-state index contributed by atoms with van der Waals surface area (Å²) in [6.45, 7) is 4.57. The average molecular weight is 433 g/mol. The van der Waals surface area contributed by atoms with Crippen molar-refractivity contribution in [2.45, 2.75) is 30.2 Å². The lowest BCUT2D eigenvalue weighted by Crippen LogP contribution is -2.16. The molecular weight excluding hydrogens is 414 g/mol. The number of nitro benzene ring substituents is 1. The van der Waals surface area contributed by atoms with Gasteiger partial charge in [0.1, 0.15) is 12.1 Å². The fourth-order valence-electron chi connectivity index (χ4n) is 3.18. The van der Waals surface area contributed by atoms with Crippen molar-refractivity contribution in [2.75, 3.05) is 5.32 Å². The Morgan fingerprint density at radius 2 is 1.97 bits per heavy atom. The van der Waals surface area contributed by atoms with Crippen LogP contribution in [0.5, 0.6) is 0 Å². The Kier molecular flexibility index (Phi) is 5.68. The van der Waals surface area contributed by atoms with Gasteiger partial charge >= 0.3 is 0 Å². The second-order valence-electron chi connectivity index (χ2n) is 6.87. The van der Waals surface area contributed by atoms with Gasteiger partial charge in [-0.25, -0.2) is 9.97 Å². The van der Waals surface area contributed by atoms with Gasteiger partial charge in [0.2, 0.25) is 0 Å². The fourth-order valence-corrected chi connectivity index (χ4v) is 4.08. The highest BCUT2D eigenvalue weighted by atomic mass is 32.2. The number of nitrogens with zero attached hydrogens (tertiary/aromatic N) is 4. The maximum absolute atomic E-state index is 12.1. The molecule has 0 saturated heterocycles. The second kappa shape index (κ2) is 8.57. The van der Waals surface area contributed by atoms with E-state index < -0.39 is 4.92 Å². The molecule has 2 aromatic heterocycles. The zero-order valence-electron chi connectivity index (χ0n) is 16.9. The van der Waals surface area contributed by atoms with Crippen LogP contribution in [0.1, 0.15) is 12.5 Å². The number of aromatic nitrogens is 3. The van der Waals surface area contributed by atoms with Gasteiger partial charge in [0, 0.05) is 51.8 Å². The van der Waals surface area contributed by atoms with E-state index in [9.17, 15) is 14.9 Å². The van der Waals surface area contributed by atoms with Crippen LogP contribution in [-0.2, 0) is 6.54 Å². The lowest BCUT2D eigenvalue weighted by molar-refractivity contribution is -0.384. The van der Waals surface area contributed by atoms with Crippen molar-refractivity contribution < 1.29 is 4.92 Å². The summed E-state index contributed by atoms with van der Waals surface area (Å²) in [6, 6.07) is 13.9. The molecule has 156 valence electrons. The van der Waals surface area contributed by atoms with Gasteiger partial charge in [0.25, 0.3) is 11.2 Å². The number of aryl methyl sites for hydroxylation is 2. The predicted octanol–water partition coefficient (Wildman–Crippen LogP) is 4.92. The third kappa shape index (κ3) is 4.41.